The molecule has 0 amide bonds. The summed E-state index contributed by atoms with van der Waals surface area (Å²) in [5.41, 5.74) is 2.29. The van der Waals surface area contributed by atoms with Crippen molar-refractivity contribution < 1.29 is 4.39 Å². The van der Waals surface area contributed by atoms with E-state index in [1.165, 1.54) is 18.4 Å². The van der Waals surface area contributed by atoms with Crippen LogP contribution in [0.25, 0.3) is 0 Å². The molecule has 1 aromatic heterocycles. The van der Waals surface area contributed by atoms with Crippen LogP contribution in [0.15, 0.2) is 36.5 Å². The SMILES string of the molecule is Cn1ccc(CCNC(c2ccc(F)cc2)C2CC2)n1. The molecule has 106 valence electrons. The van der Waals surface area contributed by atoms with Crippen LogP contribution in [-0.4, -0.2) is 16.3 Å². The lowest BCUT2D eigenvalue weighted by Gasteiger charge is -2.18. The number of rotatable bonds is 6. The second-order valence-electron chi connectivity index (χ2n) is 5.55. The van der Waals surface area contributed by atoms with E-state index in [0.29, 0.717) is 12.0 Å². The summed E-state index contributed by atoms with van der Waals surface area (Å²) < 4.78 is 14.8. The lowest BCUT2D eigenvalue weighted by Crippen LogP contribution is -2.25. The quantitative estimate of drug-likeness (QED) is 0.877. The third kappa shape index (κ3) is 3.25. The Bertz CT molecular complexity index is 557. The van der Waals surface area contributed by atoms with Gasteiger partial charge in [-0.3, -0.25) is 4.68 Å². The highest BCUT2D eigenvalue weighted by Crippen LogP contribution is 2.40. The van der Waals surface area contributed by atoms with Gasteiger partial charge in [0.1, 0.15) is 5.82 Å². The predicted octanol–water partition coefficient (Wildman–Crippen LogP) is 2.84. The topological polar surface area (TPSA) is 29.9 Å². The van der Waals surface area contributed by atoms with Crippen molar-refractivity contribution in [3.63, 3.8) is 0 Å². The van der Waals surface area contributed by atoms with Gasteiger partial charge in [0, 0.05) is 32.3 Å². The van der Waals surface area contributed by atoms with Gasteiger partial charge in [0.15, 0.2) is 0 Å². The molecule has 4 heteroatoms. The van der Waals surface area contributed by atoms with Crippen molar-refractivity contribution >= 4 is 0 Å². The molecular weight excluding hydrogens is 253 g/mol. The summed E-state index contributed by atoms with van der Waals surface area (Å²) in [6.07, 6.45) is 5.41. The van der Waals surface area contributed by atoms with Crippen molar-refractivity contribution in [2.75, 3.05) is 6.54 Å². The minimum atomic E-state index is -0.170. The van der Waals surface area contributed by atoms with E-state index in [2.05, 4.69) is 10.4 Å². The Morgan fingerprint density at radius 3 is 2.65 bits per heavy atom. The zero-order valence-electron chi connectivity index (χ0n) is 11.7. The van der Waals surface area contributed by atoms with E-state index in [0.717, 1.165) is 18.7 Å². The molecular formula is C16H20FN3. The highest BCUT2D eigenvalue weighted by atomic mass is 19.1. The smallest absolute Gasteiger partial charge is 0.123 e. The van der Waals surface area contributed by atoms with Crippen LogP contribution in [0.1, 0.15) is 30.1 Å². The minimum Gasteiger partial charge on any atom is -0.309 e. The number of aromatic nitrogens is 2. The molecule has 1 unspecified atom stereocenters. The maximum atomic E-state index is 13.0. The van der Waals surface area contributed by atoms with E-state index < -0.39 is 0 Å². The van der Waals surface area contributed by atoms with E-state index in [4.69, 9.17) is 0 Å². The van der Waals surface area contributed by atoms with Crippen LogP contribution in [0.4, 0.5) is 4.39 Å². The van der Waals surface area contributed by atoms with Crippen molar-refractivity contribution in [2.45, 2.75) is 25.3 Å². The molecule has 0 bridgehead atoms. The Kier molecular flexibility index (Phi) is 3.83. The first-order valence-electron chi connectivity index (χ1n) is 7.20. The second kappa shape index (κ2) is 5.75. The average molecular weight is 273 g/mol. The number of nitrogens with one attached hydrogen (secondary N) is 1. The van der Waals surface area contributed by atoms with Crippen LogP contribution >= 0.6 is 0 Å². The van der Waals surface area contributed by atoms with Crippen molar-refractivity contribution in [3.05, 3.63) is 53.6 Å². The fourth-order valence-electron chi connectivity index (χ4n) is 2.61. The Labute approximate surface area is 118 Å². The molecule has 1 aromatic carbocycles. The Morgan fingerprint density at radius 2 is 2.05 bits per heavy atom. The number of aryl methyl sites for hydroxylation is 1. The molecule has 0 radical (unpaired) electrons. The molecule has 2 aromatic rings. The molecule has 3 nitrogen and oxygen atoms in total. The van der Waals surface area contributed by atoms with Crippen LogP contribution in [0.5, 0.6) is 0 Å². The first kappa shape index (κ1) is 13.3. The summed E-state index contributed by atoms with van der Waals surface area (Å²) in [4.78, 5) is 0. The van der Waals surface area contributed by atoms with E-state index in [1.807, 2.05) is 36.1 Å². The Balaban J connectivity index is 1.59. The predicted molar refractivity (Wildman–Crippen MR) is 76.8 cm³/mol. The summed E-state index contributed by atoms with van der Waals surface area (Å²) in [6.45, 7) is 0.898. The molecule has 0 aliphatic heterocycles. The first-order chi connectivity index (χ1) is 9.72. The monoisotopic (exact) mass is 273 g/mol. The van der Waals surface area contributed by atoms with Gasteiger partial charge < -0.3 is 5.32 Å². The molecule has 1 saturated carbocycles. The van der Waals surface area contributed by atoms with Crippen LogP contribution in [0, 0.1) is 11.7 Å². The maximum Gasteiger partial charge on any atom is 0.123 e. The molecule has 1 atom stereocenters. The maximum absolute atomic E-state index is 13.0. The standard InChI is InChI=1S/C16H20FN3/c1-20-11-9-15(19-20)8-10-18-16(12-2-3-12)13-4-6-14(17)7-5-13/h4-7,9,11-12,16,18H,2-3,8,10H2,1H3. The van der Waals surface area contributed by atoms with Gasteiger partial charge in [-0.05, 0) is 42.5 Å². The third-order valence-electron chi connectivity index (χ3n) is 3.84. The van der Waals surface area contributed by atoms with Crippen molar-refractivity contribution in [2.24, 2.45) is 13.0 Å². The molecule has 1 N–H and O–H groups in total. The van der Waals surface area contributed by atoms with Crippen LogP contribution in [0.3, 0.4) is 0 Å². The molecule has 3 rings (SSSR count). The second-order valence-corrected chi connectivity index (χ2v) is 5.55. The van der Waals surface area contributed by atoms with Crippen LogP contribution in [-0.2, 0) is 13.5 Å². The van der Waals surface area contributed by atoms with Gasteiger partial charge in [-0.15, -0.1) is 0 Å². The fraction of sp³-hybridized carbons (Fsp3) is 0.438. The van der Waals surface area contributed by atoms with Crippen LogP contribution in [0.2, 0.25) is 0 Å². The fourth-order valence-corrected chi connectivity index (χ4v) is 2.61. The van der Waals surface area contributed by atoms with E-state index in [-0.39, 0.29) is 5.82 Å². The van der Waals surface area contributed by atoms with Crippen molar-refractivity contribution in [1.29, 1.82) is 0 Å². The van der Waals surface area contributed by atoms with Gasteiger partial charge in [-0.2, -0.15) is 5.10 Å². The van der Waals surface area contributed by atoms with Gasteiger partial charge in [-0.25, -0.2) is 4.39 Å². The molecule has 20 heavy (non-hydrogen) atoms. The van der Waals surface area contributed by atoms with Gasteiger partial charge in [0.25, 0.3) is 0 Å². The van der Waals surface area contributed by atoms with Gasteiger partial charge in [-0.1, -0.05) is 12.1 Å². The molecule has 1 heterocycles. The molecule has 0 spiro atoms. The van der Waals surface area contributed by atoms with Gasteiger partial charge in [0.2, 0.25) is 0 Å². The summed E-state index contributed by atoms with van der Waals surface area (Å²) in [6, 6.07) is 9.28. The zero-order valence-corrected chi connectivity index (χ0v) is 11.7. The van der Waals surface area contributed by atoms with Crippen molar-refractivity contribution in [3.8, 4) is 0 Å². The highest BCUT2D eigenvalue weighted by Gasteiger charge is 2.31. The first-order valence-corrected chi connectivity index (χ1v) is 7.20. The van der Waals surface area contributed by atoms with E-state index >= 15 is 0 Å². The minimum absolute atomic E-state index is 0.170. The third-order valence-corrected chi connectivity index (χ3v) is 3.84. The molecule has 1 aliphatic carbocycles. The zero-order chi connectivity index (χ0) is 13.9. The molecule has 1 aliphatic rings. The Hall–Kier alpha value is -1.68. The molecule has 0 saturated heterocycles. The lowest BCUT2D eigenvalue weighted by atomic mass is 10.0. The summed E-state index contributed by atoms with van der Waals surface area (Å²) in [5, 5.41) is 7.98. The highest BCUT2D eigenvalue weighted by molar-refractivity contribution is 5.22. The number of hydrogen-bond donors (Lipinski definition) is 1. The number of nitrogens with zero attached hydrogens (tertiary/aromatic N) is 2. The van der Waals surface area contributed by atoms with Gasteiger partial charge in [0.05, 0.1) is 5.69 Å². The normalized spacial score (nSPS) is 16.3. The summed E-state index contributed by atoms with van der Waals surface area (Å²) >= 11 is 0. The van der Waals surface area contributed by atoms with E-state index in [1.54, 1.807) is 12.1 Å². The van der Waals surface area contributed by atoms with Gasteiger partial charge >= 0.3 is 0 Å². The number of benzene rings is 1. The molecule has 1 fully saturated rings. The van der Waals surface area contributed by atoms with E-state index in [9.17, 15) is 4.39 Å². The summed E-state index contributed by atoms with van der Waals surface area (Å²) in [7, 11) is 1.93. The summed E-state index contributed by atoms with van der Waals surface area (Å²) in [5.74, 6) is 0.529. The number of hydrogen-bond acceptors (Lipinski definition) is 2. The van der Waals surface area contributed by atoms with Crippen molar-refractivity contribution in [1.82, 2.24) is 15.1 Å². The average Bonchev–Trinajstić information content (AvgIpc) is 3.19. The lowest BCUT2D eigenvalue weighted by molar-refractivity contribution is 0.481. The van der Waals surface area contributed by atoms with Crippen LogP contribution < -0.4 is 5.32 Å². The number of halogens is 1. The largest absolute Gasteiger partial charge is 0.309 e. The Morgan fingerprint density at radius 1 is 1.30 bits per heavy atom.